The van der Waals surface area contributed by atoms with Gasteiger partial charge >= 0.3 is 6.18 Å². The van der Waals surface area contributed by atoms with Crippen molar-refractivity contribution in [2.24, 2.45) is 11.3 Å². The van der Waals surface area contributed by atoms with Gasteiger partial charge in [-0.1, -0.05) is 24.6 Å². The molecule has 0 aromatic heterocycles. The lowest BCUT2D eigenvalue weighted by Crippen LogP contribution is -2.53. The molecule has 1 heterocycles. The van der Waals surface area contributed by atoms with Crippen LogP contribution in [-0.2, 0) is 22.1 Å². The van der Waals surface area contributed by atoms with Crippen LogP contribution in [0.1, 0.15) is 49.7 Å². The average Bonchev–Trinajstić information content (AvgIpc) is 2.62. The van der Waals surface area contributed by atoms with Crippen LogP contribution in [0.2, 0.25) is 0 Å². The molecule has 1 aliphatic carbocycles. The molecule has 3 nitrogen and oxygen atoms in total. The first-order chi connectivity index (χ1) is 12.9. The van der Waals surface area contributed by atoms with Crippen molar-refractivity contribution in [2.45, 2.75) is 51.1 Å². The molecule has 27 heavy (non-hydrogen) atoms. The standard InChI is InChI=1S/C21H28F3NO2/c1-27-15-20(11-5-12-20)19(26)25-13-4-6-16(14-25)9-10-17-7-2-3-8-18(17)21(22,23)24/h2-3,7-8,16H,4-6,9-15H2,1H3/t16-/m1/s1. The van der Waals surface area contributed by atoms with E-state index in [1.807, 2.05) is 4.90 Å². The van der Waals surface area contributed by atoms with E-state index in [0.717, 1.165) is 44.7 Å². The number of hydrogen-bond donors (Lipinski definition) is 0. The molecular formula is C21H28F3NO2. The number of alkyl halides is 3. The zero-order valence-electron chi connectivity index (χ0n) is 15.9. The van der Waals surface area contributed by atoms with E-state index in [1.54, 1.807) is 19.2 Å². The highest BCUT2D eigenvalue weighted by Gasteiger charge is 2.47. The number of nitrogens with zero attached hydrogens (tertiary/aromatic N) is 1. The predicted octanol–water partition coefficient (Wildman–Crippen LogP) is 4.69. The third-order valence-electron chi connectivity index (χ3n) is 6.14. The summed E-state index contributed by atoms with van der Waals surface area (Å²) < 4.78 is 44.8. The highest BCUT2D eigenvalue weighted by atomic mass is 19.4. The van der Waals surface area contributed by atoms with Crippen molar-refractivity contribution in [2.75, 3.05) is 26.8 Å². The lowest BCUT2D eigenvalue weighted by atomic mass is 9.68. The Morgan fingerprint density at radius 3 is 2.63 bits per heavy atom. The maximum atomic E-state index is 13.2. The molecule has 0 spiro atoms. The van der Waals surface area contributed by atoms with Crippen LogP contribution < -0.4 is 0 Å². The van der Waals surface area contributed by atoms with Crippen molar-refractivity contribution >= 4 is 5.91 Å². The van der Waals surface area contributed by atoms with Crippen molar-refractivity contribution in [1.29, 1.82) is 0 Å². The Kier molecular flexibility index (Phi) is 6.14. The Morgan fingerprint density at radius 1 is 1.26 bits per heavy atom. The number of hydrogen-bond acceptors (Lipinski definition) is 2. The van der Waals surface area contributed by atoms with Crippen LogP contribution in [0.25, 0.3) is 0 Å². The molecule has 3 rings (SSSR count). The van der Waals surface area contributed by atoms with E-state index in [9.17, 15) is 18.0 Å². The molecule has 1 saturated heterocycles. The van der Waals surface area contributed by atoms with Gasteiger partial charge in [-0.25, -0.2) is 0 Å². The molecule has 150 valence electrons. The van der Waals surface area contributed by atoms with Crippen molar-refractivity contribution in [3.63, 3.8) is 0 Å². The summed E-state index contributed by atoms with van der Waals surface area (Å²) in [5, 5.41) is 0. The fourth-order valence-corrected chi connectivity index (χ4v) is 4.49. The Balaban J connectivity index is 1.60. The Labute approximate surface area is 158 Å². The van der Waals surface area contributed by atoms with Crippen molar-refractivity contribution in [3.05, 3.63) is 35.4 Å². The minimum absolute atomic E-state index is 0.177. The van der Waals surface area contributed by atoms with Crippen molar-refractivity contribution < 1.29 is 22.7 Å². The number of methoxy groups -OCH3 is 1. The molecule has 1 amide bonds. The van der Waals surface area contributed by atoms with Crippen LogP contribution >= 0.6 is 0 Å². The fraction of sp³-hybridized carbons (Fsp3) is 0.667. The van der Waals surface area contributed by atoms with Gasteiger partial charge in [-0.15, -0.1) is 0 Å². The quantitative estimate of drug-likeness (QED) is 0.713. The summed E-state index contributed by atoms with van der Waals surface area (Å²) >= 11 is 0. The van der Waals surface area contributed by atoms with Gasteiger partial charge in [-0.05, 0) is 56.1 Å². The molecule has 1 atom stereocenters. The lowest BCUT2D eigenvalue weighted by Gasteiger charge is -2.45. The van der Waals surface area contributed by atoms with Crippen LogP contribution in [-0.4, -0.2) is 37.6 Å². The number of piperidine rings is 1. The molecular weight excluding hydrogens is 355 g/mol. The second-order valence-electron chi connectivity index (χ2n) is 8.02. The van der Waals surface area contributed by atoms with E-state index >= 15 is 0 Å². The van der Waals surface area contributed by atoms with Crippen LogP contribution in [0.3, 0.4) is 0 Å². The monoisotopic (exact) mass is 383 g/mol. The minimum Gasteiger partial charge on any atom is -0.384 e. The Hall–Kier alpha value is -1.56. The van der Waals surface area contributed by atoms with Gasteiger partial charge in [0.25, 0.3) is 0 Å². The second-order valence-corrected chi connectivity index (χ2v) is 8.02. The topological polar surface area (TPSA) is 29.5 Å². The van der Waals surface area contributed by atoms with E-state index in [2.05, 4.69) is 0 Å². The van der Waals surface area contributed by atoms with E-state index in [-0.39, 0.29) is 17.2 Å². The summed E-state index contributed by atoms with van der Waals surface area (Å²) in [7, 11) is 1.63. The van der Waals surface area contributed by atoms with Crippen LogP contribution in [0, 0.1) is 11.3 Å². The molecule has 0 unspecified atom stereocenters. The van der Waals surface area contributed by atoms with E-state index in [0.29, 0.717) is 31.6 Å². The molecule has 1 aromatic rings. The first-order valence-electron chi connectivity index (χ1n) is 9.79. The smallest absolute Gasteiger partial charge is 0.384 e. The summed E-state index contributed by atoms with van der Waals surface area (Å²) in [5.74, 6) is 0.430. The second kappa shape index (κ2) is 8.21. The van der Waals surface area contributed by atoms with E-state index in [4.69, 9.17) is 4.74 Å². The number of amides is 1. The van der Waals surface area contributed by atoms with Gasteiger partial charge in [0, 0.05) is 20.2 Å². The molecule has 0 bridgehead atoms. The summed E-state index contributed by atoms with van der Waals surface area (Å²) in [5.41, 5.74) is -0.551. The number of aryl methyl sites for hydroxylation is 1. The number of carbonyl (C=O) groups excluding carboxylic acids is 1. The maximum absolute atomic E-state index is 13.2. The Morgan fingerprint density at radius 2 is 2.00 bits per heavy atom. The molecule has 2 aliphatic rings. The minimum atomic E-state index is -4.32. The number of carbonyl (C=O) groups is 1. The third kappa shape index (κ3) is 4.48. The zero-order valence-corrected chi connectivity index (χ0v) is 15.9. The lowest BCUT2D eigenvalue weighted by molar-refractivity contribution is -0.154. The Bertz CT molecular complexity index is 655. The van der Waals surface area contributed by atoms with Gasteiger partial charge in [-0.3, -0.25) is 4.79 Å². The van der Waals surface area contributed by atoms with E-state index in [1.165, 1.54) is 6.07 Å². The van der Waals surface area contributed by atoms with Gasteiger partial charge in [0.05, 0.1) is 17.6 Å². The van der Waals surface area contributed by atoms with Gasteiger partial charge < -0.3 is 9.64 Å². The van der Waals surface area contributed by atoms with Crippen LogP contribution in [0.5, 0.6) is 0 Å². The van der Waals surface area contributed by atoms with Crippen LogP contribution in [0.4, 0.5) is 13.2 Å². The van der Waals surface area contributed by atoms with E-state index < -0.39 is 11.7 Å². The SMILES string of the molecule is COCC1(C(=O)N2CCC[C@H](CCc3ccccc3C(F)(F)F)C2)CCC1. The number of halogens is 3. The normalized spacial score (nSPS) is 22.4. The van der Waals surface area contributed by atoms with Gasteiger partial charge in [-0.2, -0.15) is 13.2 Å². The number of likely N-dealkylation sites (tertiary alicyclic amines) is 1. The average molecular weight is 383 g/mol. The molecule has 0 radical (unpaired) electrons. The highest BCUT2D eigenvalue weighted by Crippen LogP contribution is 2.43. The summed E-state index contributed by atoms with van der Waals surface area (Å²) in [6.07, 6.45) is 1.44. The first-order valence-corrected chi connectivity index (χ1v) is 9.79. The predicted molar refractivity (Wildman–Crippen MR) is 97.2 cm³/mol. The summed E-state index contributed by atoms with van der Waals surface area (Å²) in [6, 6.07) is 5.81. The van der Waals surface area contributed by atoms with Crippen molar-refractivity contribution in [3.8, 4) is 0 Å². The molecule has 1 saturated carbocycles. The molecule has 0 N–H and O–H groups in total. The molecule has 1 aliphatic heterocycles. The number of rotatable bonds is 6. The molecule has 2 fully saturated rings. The fourth-order valence-electron chi connectivity index (χ4n) is 4.49. The largest absolute Gasteiger partial charge is 0.416 e. The first kappa shape index (κ1) is 20.2. The van der Waals surface area contributed by atoms with Crippen LogP contribution in [0.15, 0.2) is 24.3 Å². The van der Waals surface area contributed by atoms with Crippen molar-refractivity contribution in [1.82, 2.24) is 4.90 Å². The molecule has 1 aromatic carbocycles. The third-order valence-corrected chi connectivity index (χ3v) is 6.14. The summed E-state index contributed by atoms with van der Waals surface area (Å²) in [4.78, 5) is 14.9. The van der Waals surface area contributed by atoms with Gasteiger partial charge in [0.15, 0.2) is 0 Å². The number of benzene rings is 1. The summed E-state index contributed by atoms with van der Waals surface area (Å²) in [6.45, 7) is 1.87. The zero-order chi connectivity index (χ0) is 19.5. The number of ether oxygens (including phenoxy) is 1. The maximum Gasteiger partial charge on any atom is 0.416 e. The van der Waals surface area contributed by atoms with Gasteiger partial charge in [0.2, 0.25) is 5.91 Å². The van der Waals surface area contributed by atoms with Gasteiger partial charge in [0.1, 0.15) is 0 Å². The molecule has 6 heteroatoms. The highest BCUT2D eigenvalue weighted by molar-refractivity contribution is 5.84.